The second kappa shape index (κ2) is 36.8. The number of hydrogen-bond donors (Lipinski definition) is 4. The molecule has 0 radical (unpaired) electrons. The van der Waals surface area contributed by atoms with Crippen molar-refractivity contribution in [2.24, 2.45) is 16.2 Å². The zero-order valence-corrected chi connectivity index (χ0v) is 68.2. The summed E-state index contributed by atoms with van der Waals surface area (Å²) in [7, 11) is 0. The van der Waals surface area contributed by atoms with Crippen molar-refractivity contribution in [2.75, 3.05) is 78.7 Å². The van der Waals surface area contributed by atoms with Crippen molar-refractivity contribution in [2.45, 2.75) is 192 Å². The summed E-state index contributed by atoms with van der Waals surface area (Å²) in [6.45, 7) is 27.1. The third-order valence-electron chi connectivity index (χ3n) is 19.6. The number of anilines is 3. The molecule has 0 bridgehead atoms. The molecule has 0 saturated carbocycles. The maximum atomic E-state index is 12.7. The second-order valence-corrected chi connectivity index (χ2v) is 32.9. The first kappa shape index (κ1) is 82.3. The van der Waals surface area contributed by atoms with E-state index in [0.717, 1.165) is 124 Å². The Hall–Kier alpha value is -6.34. The van der Waals surface area contributed by atoms with Gasteiger partial charge in [-0.1, -0.05) is 83.9 Å². The molecule has 3 spiro atoms. The number of aromatic nitrogens is 3. The summed E-state index contributed by atoms with van der Waals surface area (Å²) in [5, 5.41) is 11.2. The molecule has 19 nitrogen and oxygen atoms in total. The minimum atomic E-state index is -0.533. The molecule has 24 heteroatoms. The Morgan fingerprint density at radius 2 is 0.845 bits per heavy atom. The van der Waals surface area contributed by atoms with E-state index in [-0.39, 0.29) is 94.1 Å². The molecule has 0 unspecified atom stereocenters. The van der Waals surface area contributed by atoms with Gasteiger partial charge < -0.3 is 67.0 Å². The fraction of sp³-hybridized carbons (Fsp3) is 0.519. The van der Waals surface area contributed by atoms with Crippen LogP contribution in [0.1, 0.15) is 179 Å². The summed E-state index contributed by atoms with van der Waals surface area (Å²) in [6.07, 6.45) is 14.4. The van der Waals surface area contributed by atoms with Crippen LogP contribution in [-0.4, -0.2) is 126 Å². The Labute approximate surface area is 655 Å². The zero-order valence-electron chi connectivity index (χ0n) is 62.1. The molecular formula is C79H103BrN9NaO10S3. The molecule has 6 heterocycles. The van der Waals surface area contributed by atoms with Crippen molar-refractivity contribution in [1.29, 1.82) is 0 Å². The Kier molecular flexibility index (Phi) is 29.4. The van der Waals surface area contributed by atoms with E-state index < -0.39 is 16.8 Å². The number of ether oxygens (including phenoxy) is 5. The molecule has 6 aromatic rings. The van der Waals surface area contributed by atoms with Gasteiger partial charge in [-0.25, -0.2) is 24.4 Å². The van der Waals surface area contributed by atoms with Crippen molar-refractivity contribution in [1.82, 2.24) is 30.9 Å². The van der Waals surface area contributed by atoms with Gasteiger partial charge in [0.1, 0.15) is 21.4 Å². The molecule has 550 valence electrons. The van der Waals surface area contributed by atoms with E-state index in [9.17, 15) is 24.0 Å². The molecule has 3 saturated heterocycles. The average Bonchev–Trinajstić information content (AvgIpc) is 1.62. The van der Waals surface area contributed by atoms with Gasteiger partial charge in [-0.15, -0.1) is 11.8 Å². The largest absolute Gasteiger partial charge is 1.00 e. The minimum absolute atomic E-state index is 0. The summed E-state index contributed by atoms with van der Waals surface area (Å²) in [5.41, 5.74) is 9.50. The number of esters is 2. The van der Waals surface area contributed by atoms with Crippen LogP contribution in [0, 0.1) is 16.2 Å². The Morgan fingerprint density at radius 1 is 0.505 bits per heavy atom. The van der Waals surface area contributed by atoms with E-state index in [0.29, 0.717) is 42.6 Å². The fourth-order valence-corrected chi connectivity index (χ4v) is 16.2. The van der Waals surface area contributed by atoms with Gasteiger partial charge >= 0.3 is 59.8 Å². The molecule has 12 rings (SSSR count). The van der Waals surface area contributed by atoms with Gasteiger partial charge in [0.2, 0.25) is 0 Å². The van der Waals surface area contributed by atoms with Gasteiger partial charge in [0.15, 0.2) is 0 Å². The van der Waals surface area contributed by atoms with Crippen LogP contribution in [0.5, 0.6) is 0 Å². The quantitative estimate of drug-likeness (QED) is 0.0152. The Morgan fingerprint density at radius 3 is 1.16 bits per heavy atom. The Bertz CT molecular complexity index is 3620. The fourth-order valence-electron chi connectivity index (χ4n) is 14.9. The summed E-state index contributed by atoms with van der Waals surface area (Å²) in [4.78, 5) is 80.2. The standard InChI is InChI=1S/C28H37N3O4S.C23H28BrN3O2.C23H29N3O2S.C5H10O2S.Na/c1-5-34-24(32)12-17-36-23-11-10-21(19-29-23)31-15-13-28(14-16-31)18-20-8-6-7-9-22(20)25(28)30-26(33)35-27(2,3)4;1-22(2,3)29-21(28)26-20-18-7-5-4-6-16(18)14-23(20)10-12-27(13-11-23)17-8-9-19(24)25-15-17;1-22(2,3)28-21(27)25-20-18-7-5-4-6-16(18)14-23(20)10-12-26(13-11-23)17-8-9-19(29)24-15-17;1-2-7-5(6)3-4-8;/h6-11,19,25H,5,12-18H2,1-4H3,(H,30,33);4-9,15,20H,10-14H2,1-3H3,(H,26,28);4-9,15,20H,10-14H2,1-3H3,(H,24,29)(H,25,27);8H,2-4H2,1H3;/q;;;;+1/p-1/t25-;2*20-;;/m111../s1. The van der Waals surface area contributed by atoms with E-state index in [2.05, 4.69) is 164 Å². The number of thioether (sulfide) groups is 1. The van der Waals surface area contributed by atoms with E-state index in [1.54, 1.807) is 18.7 Å². The van der Waals surface area contributed by atoms with E-state index in [1.165, 1.54) is 33.4 Å². The van der Waals surface area contributed by atoms with Crippen LogP contribution in [0.3, 0.4) is 0 Å². The molecule has 3 fully saturated rings. The first-order valence-corrected chi connectivity index (χ1v) is 38.6. The number of nitrogens with one attached hydrogen (secondary N) is 3. The zero-order chi connectivity index (χ0) is 73.5. The van der Waals surface area contributed by atoms with Crippen molar-refractivity contribution in [3.8, 4) is 0 Å². The predicted molar refractivity (Wildman–Crippen MR) is 412 cm³/mol. The van der Waals surface area contributed by atoms with E-state index in [1.807, 2.05) is 112 Å². The molecule has 3 aliphatic heterocycles. The molecule has 3 amide bonds. The molecule has 6 aliphatic rings. The van der Waals surface area contributed by atoms with Crippen LogP contribution in [0.15, 0.2) is 142 Å². The number of benzene rings is 3. The number of rotatable bonds is 14. The van der Waals surface area contributed by atoms with Gasteiger partial charge in [0.05, 0.1) is 78.7 Å². The van der Waals surface area contributed by atoms with Crippen LogP contribution in [-0.2, 0) is 65.2 Å². The maximum absolute atomic E-state index is 12.7. The molecule has 3 atom stereocenters. The summed E-state index contributed by atoms with van der Waals surface area (Å²) in [6, 6.07) is 37.5. The monoisotopic (exact) mass is 1540 g/mol. The summed E-state index contributed by atoms with van der Waals surface area (Å²) in [5.74, 6) is 0.892. The first-order chi connectivity index (χ1) is 48.5. The number of pyridine rings is 3. The maximum Gasteiger partial charge on any atom is 1.00 e. The molecular weight excluding hydrogens is 1430 g/mol. The normalized spacial score (nSPS) is 18.7. The number of halogens is 1. The number of hydrogen-bond acceptors (Lipinski definition) is 19. The number of carbonyl (C=O) groups is 5. The second-order valence-electron chi connectivity index (χ2n) is 30.1. The van der Waals surface area contributed by atoms with Crippen LogP contribution in [0.4, 0.5) is 31.4 Å². The number of nitrogens with zero attached hydrogens (tertiary/aromatic N) is 6. The topological polar surface area (TPSA) is 216 Å². The van der Waals surface area contributed by atoms with Crippen LogP contribution in [0.25, 0.3) is 0 Å². The first-order valence-electron chi connectivity index (χ1n) is 35.7. The van der Waals surface area contributed by atoms with Crippen molar-refractivity contribution < 1.29 is 77.2 Å². The number of amides is 3. The summed E-state index contributed by atoms with van der Waals surface area (Å²) < 4.78 is 27.2. The van der Waals surface area contributed by atoms with Gasteiger partial charge in [0, 0.05) is 73.2 Å². The number of thiol groups is 1. The third-order valence-corrected chi connectivity index (χ3v) is 21.4. The predicted octanol–water partition coefficient (Wildman–Crippen LogP) is 13.1. The summed E-state index contributed by atoms with van der Waals surface area (Å²) >= 11 is 13.9. The molecule has 3 aromatic heterocycles. The van der Waals surface area contributed by atoms with Gasteiger partial charge in [-0.2, -0.15) is 12.6 Å². The SMILES string of the molecule is CC(C)(C)OC(=O)N[C@@H]1c2ccccc2CC12CCN(c1ccc(Br)nc1)CC2.CC(C)(C)OC(=O)N[C@@H]1c2ccccc2CC12CCN(c1ccc([S-])nc1)CC2.CCOC(=O)CCS.CCOC(=O)CCSc1ccc(N2CCC3(CC2)Cc2ccccc2[C@H]3NC(=O)OC(C)(C)C)cn1.[Na+]. The smallest absolute Gasteiger partial charge is 0.760 e. The van der Waals surface area contributed by atoms with Crippen LogP contribution in [0.2, 0.25) is 0 Å². The van der Waals surface area contributed by atoms with Crippen molar-refractivity contribution in [3.63, 3.8) is 0 Å². The number of fused-ring (bicyclic) bond motifs is 3. The minimum Gasteiger partial charge on any atom is -0.760 e. The van der Waals surface area contributed by atoms with Crippen LogP contribution < -0.4 is 60.2 Å². The molecule has 3 N–H and O–H groups in total. The number of carbonyl (C=O) groups excluding carboxylic acids is 5. The number of alkyl carbamates (subject to hydrolysis) is 3. The van der Waals surface area contributed by atoms with Crippen LogP contribution >= 0.6 is 40.3 Å². The molecule has 3 aliphatic carbocycles. The molecule has 103 heavy (non-hydrogen) atoms. The number of piperidine rings is 3. The Balaban J connectivity index is 0.000000186. The van der Waals surface area contributed by atoms with Crippen molar-refractivity contribution >= 4 is 100 Å². The van der Waals surface area contributed by atoms with Gasteiger partial charge in [-0.05, 0) is 214 Å². The van der Waals surface area contributed by atoms with Crippen molar-refractivity contribution in [3.05, 3.63) is 166 Å². The van der Waals surface area contributed by atoms with Gasteiger partial charge in [0.25, 0.3) is 0 Å². The van der Waals surface area contributed by atoms with E-state index in [4.69, 9.17) is 31.6 Å². The third kappa shape index (κ3) is 22.8. The molecule has 3 aromatic carbocycles. The van der Waals surface area contributed by atoms with E-state index >= 15 is 0 Å². The average molecular weight is 1540 g/mol. The van der Waals surface area contributed by atoms with Gasteiger partial charge in [-0.3, -0.25) is 14.6 Å².